The predicted molar refractivity (Wildman–Crippen MR) is 48.4 cm³/mol. The fourth-order valence-corrected chi connectivity index (χ4v) is 0.697. The molecule has 0 fully saturated rings. The maximum Gasteiger partial charge on any atom is 0.309 e. The van der Waals surface area contributed by atoms with Crippen LogP contribution in [-0.2, 0) is 9.59 Å². The van der Waals surface area contributed by atoms with E-state index in [0.29, 0.717) is 13.0 Å². The van der Waals surface area contributed by atoms with Crippen molar-refractivity contribution in [2.45, 2.75) is 6.42 Å². The van der Waals surface area contributed by atoms with Crippen LogP contribution in [0.15, 0.2) is 0 Å². The largest absolute Gasteiger partial charge is 0.396 e. The van der Waals surface area contributed by atoms with Crippen LogP contribution in [0.2, 0.25) is 0 Å². The lowest BCUT2D eigenvalue weighted by Gasteiger charge is -2.03. The van der Waals surface area contributed by atoms with E-state index in [9.17, 15) is 9.59 Å². The lowest BCUT2D eigenvalue weighted by Crippen LogP contribution is -2.41. The second-order valence-corrected chi connectivity index (χ2v) is 2.66. The number of aliphatic hydroxyl groups excluding tert-OH is 1. The van der Waals surface area contributed by atoms with E-state index in [4.69, 9.17) is 16.7 Å². The topological polar surface area (TPSA) is 78.4 Å². The number of carbonyl (C=O) groups is 2. The fourth-order valence-electron chi connectivity index (χ4n) is 0.602. The molecule has 13 heavy (non-hydrogen) atoms. The Morgan fingerprint density at radius 1 is 1.15 bits per heavy atom. The van der Waals surface area contributed by atoms with Gasteiger partial charge in [-0.25, -0.2) is 0 Å². The van der Waals surface area contributed by atoms with Crippen LogP contribution in [0.3, 0.4) is 0 Å². The number of carbonyl (C=O) groups excluding carboxylic acids is 2. The lowest BCUT2D eigenvalue weighted by atomic mass is 10.4. The van der Waals surface area contributed by atoms with Gasteiger partial charge in [0.15, 0.2) is 0 Å². The third-order valence-corrected chi connectivity index (χ3v) is 1.40. The van der Waals surface area contributed by atoms with E-state index in [1.165, 1.54) is 0 Å². The zero-order valence-corrected chi connectivity index (χ0v) is 7.93. The van der Waals surface area contributed by atoms with E-state index < -0.39 is 11.8 Å². The van der Waals surface area contributed by atoms with Crippen LogP contribution in [0.4, 0.5) is 0 Å². The van der Waals surface area contributed by atoms with E-state index in [1.54, 1.807) is 0 Å². The van der Waals surface area contributed by atoms with Crippen molar-refractivity contribution in [1.82, 2.24) is 10.6 Å². The van der Waals surface area contributed by atoms with Crippen molar-refractivity contribution in [3.05, 3.63) is 0 Å². The number of hydrogen-bond acceptors (Lipinski definition) is 3. The Bertz CT molecular complexity index is 175. The average Bonchev–Trinajstić information content (AvgIpc) is 2.14. The quantitative estimate of drug-likeness (QED) is 0.303. The molecule has 5 nitrogen and oxygen atoms in total. The maximum absolute atomic E-state index is 10.9. The lowest BCUT2D eigenvalue weighted by molar-refractivity contribution is -0.139. The van der Waals surface area contributed by atoms with Crippen LogP contribution in [-0.4, -0.2) is 42.5 Å². The van der Waals surface area contributed by atoms with Gasteiger partial charge in [0, 0.05) is 25.6 Å². The van der Waals surface area contributed by atoms with E-state index in [0.717, 1.165) is 0 Å². The molecule has 0 atom stereocenters. The summed E-state index contributed by atoms with van der Waals surface area (Å²) >= 11 is 5.30. The first kappa shape index (κ1) is 12.2. The minimum absolute atomic E-state index is 0.0103. The molecule has 0 aromatic carbocycles. The summed E-state index contributed by atoms with van der Waals surface area (Å²) < 4.78 is 0. The average molecular weight is 209 g/mol. The Labute approximate surface area is 81.4 Å². The number of halogens is 1. The summed E-state index contributed by atoms with van der Waals surface area (Å²) in [5, 5.41) is 13.0. The SMILES string of the molecule is O=C(NCCCl)C(=O)NCCCO. The molecule has 0 aliphatic carbocycles. The van der Waals surface area contributed by atoms with Crippen molar-refractivity contribution in [2.24, 2.45) is 0 Å². The molecule has 0 aromatic rings. The molecule has 0 aliphatic rings. The van der Waals surface area contributed by atoms with Crippen molar-refractivity contribution in [2.75, 3.05) is 25.6 Å². The summed E-state index contributed by atoms with van der Waals surface area (Å²) in [4.78, 5) is 21.7. The molecule has 76 valence electrons. The first-order valence-electron chi connectivity index (χ1n) is 3.95. The van der Waals surface area contributed by atoms with Crippen molar-refractivity contribution >= 4 is 23.4 Å². The van der Waals surface area contributed by atoms with Gasteiger partial charge in [-0.2, -0.15) is 0 Å². The van der Waals surface area contributed by atoms with Gasteiger partial charge in [0.25, 0.3) is 0 Å². The molecule has 0 saturated carbocycles. The van der Waals surface area contributed by atoms with Crippen molar-refractivity contribution < 1.29 is 14.7 Å². The van der Waals surface area contributed by atoms with E-state index in [2.05, 4.69) is 10.6 Å². The van der Waals surface area contributed by atoms with E-state index in [1.807, 2.05) is 0 Å². The molecule has 0 heterocycles. The summed E-state index contributed by atoms with van der Waals surface area (Å²) in [5.74, 6) is -1.12. The molecule has 0 saturated heterocycles. The Hall–Kier alpha value is -0.810. The molecule has 0 bridgehead atoms. The van der Waals surface area contributed by atoms with Gasteiger partial charge in [-0.05, 0) is 6.42 Å². The molecule has 3 N–H and O–H groups in total. The number of rotatable bonds is 5. The van der Waals surface area contributed by atoms with Crippen LogP contribution < -0.4 is 10.6 Å². The Morgan fingerprint density at radius 3 is 2.15 bits per heavy atom. The van der Waals surface area contributed by atoms with E-state index in [-0.39, 0.29) is 19.0 Å². The standard InChI is InChI=1S/C7H13ClN2O3/c8-2-4-10-7(13)6(12)9-3-1-5-11/h11H,1-5H2,(H,9,12)(H,10,13). The van der Waals surface area contributed by atoms with Crippen LogP contribution >= 0.6 is 11.6 Å². The molecule has 0 unspecified atom stereocenters. The zero-order valence-electron chi connectivity index (χ0n) is 7.18. The second-order valence-electron chi connectivity index (χ2n) is 2.28. The Balaban J connectivity index is 3.51. The summed E-state index contributed by atoms with van der Waals surface area (Å²) in [6.07, 6.45) is 0.439. The highest BCUT2D eigenvalue weighted by molar-refractivity contribution is 6.35. The van der Waals surface area contributed by atoms with Gasteiger partial charge in [0.1, 0.15) is 0 Å². The molecule has 6 heteroatoms. The molecule has 0 aliphatic heterocycles. The fraction of sp³-hybridized carbons (Fsp3) is 0.714. The monoisotopic (exact) mass is 208 g/mol. The number of aliphatic hydroxyl groups is 1. The van der Waals surface area contributed by atoms with E-state index >= 15 is 0 Å². The third kappa shape index (κ3) is 6.36. The Kier molecular flexibility index (Phi) is 7.33. The summed E-state index contributed by atoms with van der Waals surface area (Å²) in [6.45, 7) is 0.557. The normalized spacial score (nSPS) is 9.38. The van der Waals surface area contributed by atoms with Gasteiger partial charge in [-0.1, -0.05) is 0 Å². The van der Waals surface area contributed by atoms with Gasteiger partial charge >= 0.3 is 11.8 Å². The summed E-state index contributed by atoms with van der Waals surface area (Å²) in [5.41, 5.74) is 0. The van der Waals surface area contributed by atoms with Crippen LogP contribution in [0.1, 0.15) is 6.42 Å². The molecular formula is C7H13ClN2O3. The zero-order chi connectivity index (χ0) is 10.1. The van der Waals surface area contributed by atoms with Crippen molar-refractivity contribution in [3.8, 4) is 0 Å². The second kappa shape index (κ2) is 7.82. The minimum Gasteiger partial charge on any atom is -0.396 e. The van der Waals surface area contributed by atoms with Gasteiger partial charge in [0.05, 0.1) is 0 Å². The first-order valence-corrected chi connectivity index (χ1v) is 4.48. The van der Waals surface area contributed by atoms with Crippen LogP contribution in [0.25, 0.3) is 0 Å². The molecular weight excluding hydrogens is 196 g/mol. The maximum atomic E-state index is 10.9. The van der Waals surface area contributed by atoms with Gasteiger partial charge in [-0.15, -0.1) is 11.6 Å². The van der Waals surface area contributed by atoms with Crippen LogP contribution in [0, 0.1) is 0 Å². The molecule has 2 amide bonds. The number of amides is 2. The summed E-state index contributed by atoms with van der Waals surface area (Å²) in [6, 6.07) is 0. The van der Waals surface area contributed by atoms with Crippen molar-refractivity contribution in [1.29, 1.82) is 0 Å². The predicted octanol–water partition coefficient (Wildman–Crippen LogP) is -1.16. The van der Waals surface area contributed by atoms with Gasteiger partial charge in [-0.3, -0.25) is 9.59 Å². The molecule has 0 aromatic heterocycles. The highest BCUT2D eigenvalue weighted by Gasteiger charge is 2.10. The highest BCUT2D eigenvalue weighted by Crippen LogP contribution is 1.75. The summed E-state index contributed by atoms with van der Waals surface area (Å²) in [7, 11) is 0. The number of alkyl halides is 1. The van der Waals surface area contributed by atoms with Gasteiger partial charge < -0.3 is 15.7 Å². The number of nitrogens with one attached hydrogen (secondary N) is 2. The molecule has 0 rings (SSSR count). The van der Waals surface area contributed by atoms with Crippen molar-refractivity contribution in [3.63, 3.8) is 0 Å². The number of hydrogen-bond donors (Lipinski definition) is 3. The molecule has 0 spiro atoms. The Morgan fingerprint density at radius 2 is 1.69 bits per heavy atom. The first-order chi connectivity index (χ1) is 6.22. The van der Waals surface area contributed by atoms with Crippen LogP contribution in [0.5, 0.6) is 0 Å². The minimum atomic E-state index is -0.696. The highest BCUT2D eigenvalue weighted by atomic mass is 35.5. The smallest absolute Gasteiger partial charge is 0.309 e. The molecule has 0 radical (unpaired) electrons. The third-order valence-electron chi connectivity index (χ3n) is 1.21. The van der Waals surface area contributed by atoms with Gasteiger partial charge in [0.2, 0.25) is 0 Å².